The Kier molecular flexibility index (Phi) is 2.37. The smallest absolute Gasteiger partial charge is 0.0264 e. The minimum absolute atomic E-state index is 0.861. The van der Waals surface area contributed by atoms with Crippen LogP contribution in [0.5, 0.6) is 0 Å². The summed E-state index contributed by atoms with van der Waals surface area (Å²) in [7, 11) is 0. The molecule has 3 unspecified atom stereocenters. The van der Waals surface area contributed by atoms with E-state index in [9.17, 15) is 0 Å². The van der Waals surface area contributed by atoms with Gasteiger partial charge >= 0.3 is 0 Å². The molecule has 70 valence electrons. The molecule has 0 aromatic carbocycles. The number of likely N-dealkylation sites (N-methyl/N-ethyl adjacent to an activating group) is 1. The van der Waals surface area contributed by atoms with Gasteiger partial charge in [0.15, 0.2) is 0 Å². The zero-order chi connectivity index (χ0) is 8.55. The molecule has 2 aliphatic heterocycles. The number of hydrogen-bond donors (Lipinski definition) is 1. The van der Waals surface area contributed by atoms with Gasteiger partial charge in [0, 0.05) is 18.6 Å². The molecule has 2 fully saturated rings. The van der Waals surface area contributed by atoms with Crippen LogP contribution in [0.3, 0.4) is 0 Å². The predicted octanol–water partition coefficient (Wildman–Crippen LogP) is 1.08. The van der Waals surface area contributed by atoms with Crippen molar-refractivity contribution >= 4 is 0 Å². The minimum Gasteiger partial charge on any atom is -0.315 e. The van der Waals surface area contributed by atoms with Gasteiger partial charge in [0.25, 0.3) is 0 Å². The van der Waals surface area contributed by atoms with E-state index >= 15 is 0 Å². The molecule has 2 aliphatic rings. The first-order chi connectivity index (χ1) is 5.86. The molecule has 0 saturated carbocycles. The second-order valence-electron chi connectivity index (χ2n) is 4.11. The van der Waals surface area contributed by atoms with Crippen molar-refractivity contribution in [3.05, 3.63) is 0 Å². The third kappa shape index (κ3) is 1.17. The van der Waals surface area contributed by atoms with Gasteiger partial charge in [-0.25, -0.2) is 0 Å². The third-order valence-corrected chi connectivity index (χ3v) is 3.61. The lowest BCUT2D eigenvalue weighted by Gasteiger charge is -2.27. The van der Waals surface area contributed by atoms with Crippen LogP contribution < -0.4 is 5.32 Å². The Bertz CT molecular complexity index is 158. The SMILES string of the molecule is CCC1CC2CNCC2N1CC. The Morgan fingerprint density at radius 2 is 2.17 bits per heavy atom. The van der Waals surface area contributed by atoms with E-state index in [1.807, 2.05) is 0 Å². The Balaban J connectivity index is 2.05. The fraction of sp³-hybridized carbons (Fsp3) is 1.00. The van der Waals surface area contributed by atoms with Gasteiger partial charge in [-0.2, -0.15) is 0 Å². The highest BCUT2D eigenvalue weighted by molar-refractivity contribution is 4.98. The second kappa shape index (κ2) is 3.35. The number of fused-ring (bicyclic) bond motifs is 1. The normalized spacial score (nSPS) is 42.0. The van der Waals surface area contributed by atoms with Crippen molar-refractivity contribution in [2.45, 2.75) is 38.8 Å². The lowest BCUT2D eigenvalue weighted by Crippen LogP contribution is -2.38. The number of nitrogens with zero attached hydrogens (tertiary/aromatic N) is 1. The summed E-state index contributed by atoms with van der Waals surface area (Å²) in [6, 6.07) is 1.74. The standard InChI is InChI=1S/C10H20N2/c1-3-9-5-8-6-11-7-10(8)12(9)4-2/h8-11H,3-7H2,1-2H3. The van der Waals surface area contributed by atoms with Gasteiger partial charge in [0.2, 0.25) is 0 Å². The maximum absolute atomic E-state index is 3.49. The van der Waals surface area contributed by atoms with Crippen molar-refractivity contribution in [3.8, 4) is 0 Å². The van der Waals surface area contributed by atoms with Crippen molar-refractivity contribution in [3.63, 3.8) is 0 Å². The highest BCUT2D eigenvalue weighted by atomic mass is 15.2. The molecule has 2 rings (SSSR count). The average molecular weight is 168 g/mol. The first-order valence-corrected chi connectivity index (χ1v) is 5.33. The fourth-order valence-corrected chi connectivity index (χ4v) is 3.00. The van der Waals surface area contributed by atoms with Gasteiger partial charge in [-0.15, -0.1) is 0 Å². The van der Waals surface area contributed by atoms with Crippen LogP contribution in [0.4, 0.5) is 0 Å². The molecule has 2 nitrogen and oxygen atoms in total. The van der Waals surface area contributed by atoms with Gasteiger partial charge in [-0.1, -0.05) is 13.8 Å². The molecule has 0 radical (unpaired) electrons. The summed E-state index contributed by atoms with van der Waals surface area (Å²) in [5.74, 6) is 0.954. The van der Waals surface area contributed by atoms with Crippen LogP contribution in [0.15, 0.2) is 0 Å². The van der Waals surface area contributed by atoms with Crippen molar-refractivity contribution in [2.24, 2.45) is 5.92 Å². The largest absolute Gasteiger partial charge is 0.315 e. The first-order valence-electron chi connectivity index (χ1n) is 5.33. The van der Waals surface area contributed by atoms with Crippen LogP contribution in [0.25, 0.3) is 0 Å². The van der Waals surface area contributed by atoms with Crippen LogP contribution in [-0.4, -0.2) is 36.6 Å². The lowest BCUT2D eigenvalue weighted by atomic mass is 10.0. The average Bonchev–Trinajstić information content (AvgIpc) is 2.61. The van der Waals surface area contributed by atoms with Gasteiger partial charge in [-0.3, -0.25) is 4.90 Å². The van der Waals surface area contributed by atoms with E-state index in [4.69, 9.17) is 0 Å². The molecular weight excluding hydrogens is 148 g/mol. The summed E-state index contributed by atoms with van der Waals surface area (Å²) in [6.45, 7) is 8.35. The van der Waals surface area contributed by atoms with Crippen LogP contribution in [0.2, 0.25) is 0 Å². The third-order valence-electron chi connectivity index (χ3n) is 3.61. The van der Waals surface area contributed by atoms with Crippen molar-refractivity contribution in [1.82, 2.24) is 10.2 Å². The Morgan fingerprint density at radius 1 is 1.33 bits per heavy atom. The molecule has 0 aliphatic carbocycles. The molecule has 12 heavy (non-hydrogen) atoms. The summed E-state index contributed by atoms with van der Waals surface area (Å²) in [5.41, 5.74) is 0. The van der Waals surface area contributed by atoms with E-state index in [1.54, 1.807) is 0 Å². The van der Waals surface area contributed by atoms with E-state index < -0.39 is 0 Å². The van der Waals surface area contributed by atoms with Crippen molar-refractivity contribution in [2.75, 3.05) is 19.6 Å². The molecule has 0 spiro atoms. The van der Waals surface area contributed by atoms with Crippen LogP contribution in [-0.2, 0) is 0 Å². The van der Waals surface area contributed by atoms with E-state index in [2.05, 4.69) is 24.1 Å². The molecule has 2 saturated heterocycles. The summed E-state index contributed by atoms with van der Waals surface area (Å²) >= 11 is 0. The van der Waals surface area contributed by atoms with Gasteiger partial charge in [0.1, 0.15) is 0 Å². The van der Waals surface area contributed by atoms with Crippen LogP contribution >= 0.6 is 0 Å². The zero-order valence-electron chi connectivity index (χ0n) is 8.21. The summed E-state index contributed by atoms with van der Waals surface area (Å²) in [6.07, 6.45) is 2.77. The molecular formula is C10H20N2. The first kappa shape index (κ1) is 8.52. The van der Waals surface area contributed by atoms with Gasteiger partial charge < -0.3 is 5.32 Å². The summed E-state index contributed by atoms with van der Waals surface area (Å²) in [5, 5.41) is 3.49. The summed E-state index contributed by atoms with van der Waals surface area (Å²) in [4.78, 5) is 2.70. The van der Waals surface area contributed by atoms with Crippen LogP contribution in [0, 0.1) is 5.92 Å². The molecule has 0 aromatic heterocycles. The van der Waals surface area contributed by atoms with E-state index in [-0.39, 0.29) is 0 Å². The lowest BCUT2D eigenvalue weighted by molar-refractivity contribution is 0.200. The quantitative estimate of drug-likeness (QED) is 0.663. The predicted molar refractivity (Wildman–Crippen MR) is 51.2 cm³/mol. The highest BCUT2D eigenvalue weighted by Crippen LogP contribution is 2.33. The molecule has 0 amide bonds. The molecule has 0 aromatic rings. The number of nitrogens with one attached hydrogen (secondary N) is 1. The fourth-order valence-electron chi connectivity index (χ4n) is 3.00. The molecule has 2 heteroatoms. The van der Waals surface area contributed by atoms with Gasteiger partial charge in [-0.05, 0) is 31.8 Å². The maximum Gasteiger partial charge on any atom is 0.0264 e. The molecule has 0 bridgehead atoms. The van der Waals surface area contributed by atoms with Crippen molar-refractivity contribution < 1.29 is 0 Å². The second-order valence-corrected chi connectivity index (χ2v) is 4.11. The Labute approximate surface area is 75.3 Å². The molecule has 1 N–H and O–H groups in total. The topological polar surface area (TPSA) is 15.3 Å². The Morgan fingerprint density at radius 3 is 2.83 bits per heavy atom. The Hall–Kier alpha value is -0.0800. The van der Waals surface area contributed by atoms with Gasteiger partial charge in [0.05, 0.1) is 0 Å². The number of hydrogen-bond acceptors (Lipinski definition) is 2. The van der Waals surface area contributed by atoms with E-state index in [0.29, 0.717) is 0 Å². The zero-order valence-corrected chi connectivity index (χ0v) is 8.21. The summed E-state index contributed by atoms with van der Waals surface area (Å²) < 4.78 is 0. The number of likely N-dealkylation sites (tertiary alicyclic amines) is 1. The van der Waals surface area contributed by atoms with E-state index in [0.717, 1.165) is 18.0 Å². The van der Waals surface area contributed by atoms with Crippen molar-refractivity contribution in [1.29, 1.82) is 0 Å². The van der Waals surface area contributed by atoms with E-state index in [1.165, 1.54) is 32.5 Å². The monoisotopic (exact) mass is 168 g/mol. The number of rotatable bonds is 2. The molecule has 2 heterocycles. The minimum atomic E-state index is 0.861. The maximum atomic E-state index is 3.49. The highest BCUT2D eigenvalue weighted by Gasteiger charge is 2.41. The van der Waals surface area contributed by atoms with Crippen LogP contribution in [0.1, 0.15) is 26.7 Å². The molecule has 3 atom stereocenters.